The molecule has 0 radical (unpaired) electrons. The lowest BCUT2D eigenvalue weighted by atomic mass is 10.2. The topological polar surface area (TPSA) is 78.4 Å². The molecule has 110 valence electrons. The zero-order chi connectivity index (χ0) is 15.6. The highest BCUT2D eigenvalue weighted by molar-refractivity contribution is 9.10. The average Bonchev–Trinajstić information content (AvgIpc) is 2.42. The summed E-state index contributed by atoms with van der Waals surface area (Å²) in [5, 5.41) is 11.4. The van der Waals surface area contributed by atoms with Gasteiger partial charge in [-0.3, -0.25) is 10.1 Å². The van der Waals surface area contributed by atoms with E-state index in [2.05, 4.69) is 15.9 Å². The van der Waals surface area contributed by atoms with E-state index in [0.717, 1.165) is 12.1 Å². The van der Waals surface area contributed by atoms with Crippen molar-refractivity contribution in [2.24, 2.45) is 5.73 Å². The number of nitrogens with two attached hydrogens (primary N) is 1. The predicted molar refractivity (Wildman–Crippen MR) is 80.2 cm³/mol. The van der Waals surface area contributed by atoms with Crippen LogP contribution in [0.4, 0.5) is 10.1 Å². The molecule has 0 saturated heterocycles. The van der Waals surface area contributed by atoms with Gasteiger partial charge in [0.05, 0.1) is 9.40 Å². The van der Waals surface area contributed by atoms with Gasteiger partial charge in [-0.25, -0.2) is 4.39 Å². The molecule has 21 heavy (non-hydrogen) atoms. The lowest BCUT2D eigenvalue weighted by Crippen LogP contribution is -2.01. The molecule has 2 N–H and O–H groups in total. The van der Waals surface area contributed by atoms with Crippen molar-refractivity contribution in [1.82, 2.24) is 0 Å². The molecule has 2 aromatic rings. The third-order valence-electron chi connectivity index (χ3n) is 2.67. The lowest BCUT2D eigenvalue weighted by Gasteiger charge is -2.11. The molecule has 2 rings (SSSR count). The van der Waals surface area contributed by atoms with Gasteiger partial charge in [-0.2, -0.15) is 0 Å². The highest BCUT2D eigenvalue weighted by Gasteiger charge is 2.20. The van der Waals surface area contributed by atoms with Crippen molar-refractivity contribution >= 4 is 33.2 Å². The number of nitrogens with zero attached hydrogens (tertiary/aromatic N) is 1. The molecule has 0 unspecified atom stereocenters. The number of nitro groups is 1. The van der Waals surface area contributed by atoms with Gasteiger partial charge in [-0.15, -0.1) is 0 Å². The monoisotopic (exact) mass is 374 g/mol. The molecule has 0 aliphatic heterocycles. The molecular weight excluding hydrogens is 367 g/mol. The van der Waals surface area contributed by atoms with Gasteiger partial charge >= 0.3 is 5.69 Å². The summed E-state index contributed by atoms with van der Waals surface area (Å²) in [5.74, 6) is -0.653. The van der Waals surface area contributed by atoms with Gasteiger partial charge in [-0.05, 0) is 28.1 Å². The maximum absolute atomic E-state index is 13.6. The Morgan fingerprint density at radius 2 is 2.05 bits per heavy atom. The van der Waals surface area contributed by atoms with E-state index < -0.39 is 10.7 Å². The molecule has 0 aliphatic carbocycles. The van der Waals surface area contributed by atoms with Crippen LogP contribution in [0.15, 0.2) is 34.8 Å². The third-order valence-corrected chi connectivity index (χ3v) is 3.51. The van der Waals surface area contributed by atoms with Gasteiger partial charge in [0.25, 0.3) is 0 Å². The number of hydrogen-bond donors (Lipinski definition) is 1. The molecule has 0 amide bonds. The summed E-state index contributed by atoms with van der Waals surface area (Å²) in [6.45, 7) is 0.152. The van der Waals surface area contributed by atoms with E-state index in [9.17, 15) is 14.5 Å². The van der Waals surface area contributed by atoms with Crippen LogP contribution < -0.4 is 10.5 Å². The molecular formula is C13H9BrClFN2O3. The molecule has 0 saturated carbocycles. The molecule has 0 aromatic heterocycles. The van der Waals surface area contributed by atoms with Gasteiger partial charge < -0.3 is 10.5 Å². The maximum Gasteiger partial charge on any atom is 0.312 e. The van der Waals surface area contributed by atoms with Crippen molar-refractivity contribution in [3.05, 3.63) is 61.3 Å². The second-order valence-corrected chi connectivity index (χ2v) is 5.34. The van der Waals surface area contributed by atoms with E-state index >= 15 is 0 Å². The lowest BCUT2D eigenvalue weighted by molar-refractivity contribution is -0.385. The fourth-order valence-electron chi connectivity index (χ4n) is 1.65. The number of ether oxygens (including phenoxy) is 1. The molecule has 8 heteroatoms. The fourth-order valence-corrected chi connectivity index (χ4v) is 2.15. The minimum atomic E-state index is -0.674. The van der Waals surface area contributed by atoms with Crippen LogP contribution in [0, 0.1) is 15.9 Å². The Morgan fingerprint density at radius 3 is 2.67 bits per heavy atom. The van der Waals surface area contributed by atoms with Gasteiger partial charge in [-0.1, -0.05) is 17.7 Å². The van der Waals surface area contributed by atoms with Crippen molar-refractivity contribution in [2.45, 2.75) is 6.54 Å². The van der Waals surface area contributed by atoms with Gasteiger partial charge in [0.2, 0.25) is 5.75 Å². The van der Waals surface area contributed by atoms with Crippen molar-refractivity contribution in [2.75, 3.05) is 0 Å². The standard InChI is InChI=1S/C13H9BrClFN2O3/c14-9-4-11(18(19)20)13(5-10(9)16)21-12-3-8(15)2-1-7(12)6-17/h1-5H,6,17H2. The first-order valence-corrected chi connectivity index (χ1v) is 6.89. The summed E-state index contributed by atoms with van der Waals surface area (Å²) in [6.07, 6.45) is 0. The zero-order valence-corrected chi connectivity index (χ0v) is 12.8. The Bertz CT molecular complexity index is 712. The Morgan fingerprint density at radius 1 is 1.33 bits per heavy atom. The van der Waals surface area contributed by atoms with Crippen LogP contribution >= 0.6 is 27.5 Å². The van der Waals surface area contributed by atoms with E-state index in [4.69, 9.17) is 22.1 Å². The van der Waals surface area contributed by atoms with E-state index in [1.54, 1.807) is 12.1 Å². The van der Waals surface area contributed by atoms with Crippen molar-refractivity contribution in [3.63, 3.8) is 0 Å². The van der Waals surface area contributed by atoms with Gasteiger partial charge in [0.1, 0.15) is 11.6 Å². The van der Waals surface area contributed by atoms with Crippen LogP contribution in [0.5, 0.6) is 11.5 Å². The second kappa shape index (κ2) is 6.38. The Hall–Kier alpha value is -1.70. The first kappa shape index (κ1) is 15.7. The minimum absolute atomic E-state index is 0.0216. The molecule has 2 aromatic carbocycles. The Balaban J connectivity index is 2.51. The Kier molecular flexibility index (Phi) is 4.76. The molecule has 0 atom stereocenters. The molecule has 5 nitrogen and oxygen atoms in total. The molecule has 0 bridgehead atoms. The largest absolute Gasteiger partial charge is 0.450 e. The first-order valence-electron chi connectivity index (χ1n) is 5.72. The number of hydrogen-bond acceptors (Lipinski definition) is 4. The summed E-state index contributed by atoms with van der Waals surface area (Å²) in [7, 11) is 0. The van der Waals surface area contributed by atoms with Crippen LogP contribution in [0.3, 0.4) is 0 Å². The maximum atomic E-state index is 13.6. The summed E-state index contributed by atoms with van der Waals surface area (Å²) in [6, 6.07) is 6.69. The fraction of sp³-hybridized carbons (Fsp3) is 0.0769. The minimum Gasteiger partial charge on any atom is -0.450 e. The van der Waals surface area contributed by atoms with E-state index in [-0.39, 0.29) is 28.2 Å². The molecule has 0 aliphatic rings. The van der Waals surface area contributed by atoms with Crippen LogP contribution in [0.25, 0.3) is 0 Å². The smallest absolute Gasteiger partial charge is 0.312 e. The average molecular weight is 376 g/mol. The molecule has 0 fully saturated rings. The van der Waals surface area contributed by atoms with Crippen LogP contribution in [0.1, 0.15) is 5.56 Å². The Labute approximate surface area is 132 Å². The predicted octanol–water partition coefficient (Wildman–Crippen LogP) is 4.40. The normalized spacial score (nSPS) is 10.5. The quantitative estimate of drug-likeness (QED) is 0.634. The highest BCUT2D eigenvalue weighted by atomic mass is 79.9. The highest BCUT2D eigenvalue weighted by Crippen LogP contribution is 2.37. The summed E-state index contributed by atoms with van der Waals surface area (Å²) < 4.78 is 19.0. The second-order valence-electron chi connectivity index (χ2n) is 4.05. The van der Waals surface area contributed by atoms with Crippen molar-refractivity contribution < 1.29 is 14.1 Å². The number of rotatable bonds is 4. The van der Waals surface area contributed by atoms with Crippen molar-refractivity contribution in [3.8, 4) is 11.5 Å². The zero-order valence-electron chi connectivity index (χ0n) is 10.5. The van der Waals surface area contributed by atoms with Crippen molar-refractivity contribution in [1.29, 1.82) is 0 Å². The van der Waals surface area contributed by atoms with Gasteiger partial charge in [0.15, 0.2) is 0 Å². The summed E-state index contributed by atoms with van der Waals surface area (Å²) >= 11 is 8.76. The first-order chi connectivity index (χ1) is 9.92. The van der Waals surface area contributed by atoms with E-state index in [0.29, 0.717) is 10.6 Å². The third kappa shape index (κ3) is 3.49. The SMILES string of the molecule is NCc1ccc(Cl)cc1Oc1cc(F)c(Br)cc1[N+](=O)[O-]. The van der Waals surface area contributed by atoms with Crippen LogP contribution in [0.2, 0.25) is 5.02 Å². The number of benzene rings is 2. The molecule has 0 spiro atoms. The summed E-state index contributed by atoms with van der Waals surface area (Å²) in [5.41, 5.74) is 5.79. The number of halogens is 3. The summed E-state index contributed by atoms with van der Waals surface area (Å²) in [4.78, 5) is 10.4. The molecule has 0 heterocycles. The van der Waals surface area contributed by atoms with Crippen LogP contribution in [-0.2, 0) is 6.54 Å². The van der Waals surface area contributed by atoms with Crippen LogP contribution in [-0.4, -0.2) is 4.92 Å². The van der Waals surface area contributed by atoms with E-state index in [1.807, 2.05) is 0 Å². The van der Waals surface area contributed by atoms with E-state index in [1.165, 1.54) is 6.07 Å². The van der Waals surface area contributed by atoms with Gasteiger partial charge in [0, 0.05) is 29.3 Å². The number of nitro benzene ring substituents is 1.